The summed E-state index contributed by atoms with van der Waals surface area (Å²) in [5, 5.41) is 4.12. The van der Waals surface area contributed by atoms with Crippen molar-refractivity contribution in [3.8, 4) is 0 Å². The monoisotopic (exact) mass is 352 g/mol. The standard InChI is InChI=1S/C19H20N4O3/c1-5-14-6-8-15(9-7-14)16(24)13(4)26-18(25)17-21-19-20-11(2)10-12(3)23(19)22-17/h6-10,13H,5H2,1-4H3/t13-/m0/s1. The molecule has 0 aliphatic heterocycles. The normalized spacial score (nSPS) is 12.2. The molecule has 134 valence electrons. The lowest BCUT2D eigenvalue weighted by atomic mass is 10.0. The molecule has 2 heterocycles. The van der Waals surface area contributed by atoms with Gasteiger partial charge in [-0.2, -0.15) is 4.98 Å². The van der Waals surface area contributed by atoms with E-state index in [4.69, 9.17) is 4.74 Å². The third kappa shape index (κ3) is 3.46. The van der Waals surface area contributed by atoms with Gasteiger partial charge in [0.05, 0.1) is 0 Å². The highest BCUT2D eigenvalue weighted by atomic mass is 16.5. The molecule has 2 aromatic heterocycles. The minimum atomic E-state index is -0.933. The lowest BCUT2D eigenvalue weighted by molar-refractivity contribution is 0.0307. The van der Waals surface area contributed by atoms with Crippen molar-refractivity contribution in [2.24, 2.45) is 0 Å². The fourth-order valence-corrected chi connectivity index (χ4v) is 2.66. The molecule has 3 rings (SSSR count). The zero-order valence-electron chi connectivity index (χ0n) is 15.2. The van der Waals surface area contributed by atoms with Gasteiger partial charge in [-0.15, -0.1) is 5.10 Å². The topological polar surface area (TPSA) is 86.5 Å². The second-order valence-electron chi connectivity index (χ2n) is 6.15. The highest BCUT2D eigenvalue weighted by Gasteiger charge is 2.23. The van der Waals surface area contributed by atoms with Crippen LogP contribution in [0.25, 0.3) is 5.78 Å². The average Bonchev–Trinajstić information content (AvgIpc) is 3.05. The number of hydrogen-bond donors (Lipinski definition) is 0. The van der Waals surface area contributed by atoms with Gasteiger partial charge in [-0.3, -0.25) is 4.79 Å². The number of rotatable bonds is 5. The molecule has 0 bridgehead atoms. The van der Waals surface area contributed by atoms with Gasteiger partial charge in [-0.1, -0.05) is 31.2 Å². The molecule has 0 radical (unpaired) electrons. The van der Waals surface area contributed by atoms with Gasteiger partial charge in [0.1, 0.15) is 0 Å². The van der Waals surface area contributed by atoms with Gasteiger partial charge in [0.2, 0.25) is 5.78 Å². The molecule has 0 aliphatic carbocycles. The van der Waals surface area contributed by atoms with Gasteiger partial charge in [0.15, 0.2) is 6.10 Å². The van der Waals surface area contributed by atoms with Crippen LogP contribution in [-0.4, -0.2) is 37.4 Å². The minimum Gasteiger partial charge on any atom is -0.448 e. The molecule has 0 saturated carbocycles. The van der Waals surface area contributed by atoms with Crippen LogP contribution in [-0.2, 0) is 11.2 Å². The third-order valence-electron chi connectivity index (χ3n) is 4.10. The summed E-state index contributed by atoms with van der Waals surface area (Å²) in [6.45, 7) is 7.26. The van der Waals surface area contributed by atoms with E-state index in [2.05, 4.69) is 15.1 Å². The Labute approximate surface area is 151 Å². The van der Waals surface area contributed by atoms with E-state index >= 15 is 0 Å². The first kappa shape index (κ1) is 17.7. The summed E-state index contributed by atoms with van der Waals surface area (Å²) < 4.78 is 6.73. The Bertz CT molecular complexity index is 976. The van der Waals surface area contributed by atoms with Crippen molar-refractivity contribution < 1.29 is 14.3 Å². The molecule has 0 aliphatic rings. The maximum Gasteiger partial charge on any atom is 0.379 e. The number of carbonyl (C=O) groups excluding carboxylic acids is 2. The number of aromatic nitrogens is 4. The molecule has 0 spiro atoms. The highest BCUT2D eigenvalue weighted by Crippen LogP contribution is 2.11. The maximum atomic E-state index is 12.4. The van der Waals surface area contributed by atoms with E-state index in [1.54, 1.807) is 12.1 Å². The fourth-order valence-electron chi connectivity index (χ4n) is 2.66. The van der Waals surface area contributed by atoms with E-state index in [1.807, 2.05) is 39.0 Å². The van der Waals surface area contributed by atoms with E-state index in [0.717, 1.165) is 23.4 Å². The van der Waals surface area contributed by atoms with Crippen molar-refractivity contribution >= 4 is 17.5 Å². The summed E-state index contributed by atoms with van der Waals surface area (Å²) >= 11 is 0. The van der Waals surface area contributed by atoms with Crippen LogP contribution in [0.2, 0.25) is 0 Å². The van der Waals surface area contributed by atoms with Crippen LogP contribution in [0.5, 0.6) is 0 Å². The first-order chi connectivity index (χ1) is 12.4. The molecular weight excluding hydrogens is 332 g/mol. The number of benzene rings is 1. The van der Waals surface area contributed by atoms with Crippen LogP contribution in [0.4, 0.5) is 0 Å². The van der Waals surface area contributed by atoms with Gasteiger partial charge in [0, 0.05) is 17.0 Å². The molecule has 3 aromatic rings. The van der Waals surface area contributed by atoms with Gasteiger partial charge in [-0.05, 0) is 38.8 Å². The Morgan fingerprint density at radius 1 is 1.15 bits per heavy atom. The molecule has 0 N–H and O–H groups in total. The van der Waals surface area contributed by atoms with E-state index in [0.29, 0.717) is 11.3 Å². The van der Waals surface area contributed by atoms with Crippen molar-refractivity contribution in [1.82, 2.24) is 19.6 Å². The molecule has 1 atom stereocenters. The smallest absolute Gasteiger partial charge is 0.379 e. The number of ketones is 1. The number of esters is 1. The zero-order valence-corrected chi connectivity index (χ0v) is 15.2. The molecule has 0 unspecified atom stereocenters. The second-order valence-corrected chi connectivity index (χ2v) is 6.15. The molecule has 0 amide bonds. The van der Waals surface area contributed by atoms with E-state index in [9.17, 15) is 9.59 Å². The van der Waals surface area contributed by atoms with Crippen LogP contribution in [0.1, 0.15) is 51.8 Å². The summed E-state index contributed by atoms with van der Waals surface area (Å²) in [6.07, 6.45) is -0.0386. The van der Waals surface area contributed by atoms with Crippen LogP contribution in [0, 0.1) is 13.8 Å². The number of fused-ring (bicyclic) bond motifs is 1. The first-order valence-electron chi connectivity index (χ1n) is 8.44. The molecule has 0 fully saturated rings. The molecule has 7 heteroatoms. The van der Waals surface area contributed by atoms with Crippen molar-refractivity contribution in [1.29, 1.82) is 0 Å². The quantitative estimate of drug-likeness (QED) is 0.518. The van der Waals surface area contributed by atoms with Crippen LogP contribution >= 0.6 is 0 Å². The van der Waals surface area contributed by atoms with Crippen molar-refractivity contribution in [3.05, 3.63) is 58.7 Å². The van der Waals surface area contributed by atoms with Crippen LogP contribution in [0.15, 0.2) is 30.3 Å². The van der Waals surface area contributed by atoms with E-state index in [-0.39, 0.29) is 11.6 Å². The lowest BCUT2D eigenvalue weighted by Gasteiger charge is -2.11. The Kier molecular flexibility index (Phi) is 4.79. The summed E-state index contributed by atoms with van der Waals surface area (Å²) in [7, 11) is 0. The van der Waals surface area contributed by atoms with Gasteiger partial charge >= 0.3 is 5.97 Å². The zero-order chi connectivity index (χ0) is 18.8. The van der Waals surface area contributed by atoms with E-state index in [1.165, 1.54) is 11.4 Å². The minimum absolute atomic E-state index is 0.118. The van der Waals surface area contributed by atoms with Gasteiger partial charge < -0.3 is 4.74 Å². The number of ether oxygens (including phenoxy) is 1. The predicted octanol–water partition coefficient (Wildman–Crippen LogP) is 2.73. The average molecular weight is 352 g/mol. The SMILES string of the molecule is CCc1ccc(C(=O)[C@H](C)OC(=O)c2nc3nc(C)cc(C)n3n2)cc1. The number of nitrogens with zero attached hydrogens (tertiary/aromatic N) is 4. The van der Waals surface area contributed by atoms with Crippen LogP contribution < -0.4 is 0 Å². The Balaban J connectivity index is 1.76. The number of hydrogen-bond acceptors (Lipinski definition) is 6. The summed E-state index contributed by atoms with van der Waals surface area (Å²) in [6, 6.07) is 9.10. The summed E-state index contributed by atoms with van der Waals surface area (Å²) in [5.41, 5.74) is 3.22. The fraction of sp³-hybridized carbons (Fsp3) is 0.316. The highest BCUT2D eigenvalue weighted by molar-refractivity contribution is 6.01. The second kappa shape index (κ2) is 7.03. The Hall–Kier alpha value is -3.09. The Morgan fingerprint density at radius 3 is 2.50 bits per heavy atom. The third-order valence-corrected chi connectivity index (χ3v) is 4.10. The lowest BCUT2D eigenvalue weighted by Crippen LogP contribution is -2.25. The van der Waals surface area contributed by atoms with Gasteiger partial charge in [-0.25, -0.2) is 14.3 Å². The number of Topliss-reactive ketones (excluding diaryl/α,β-unsaturated/α-hetero) is 1. The summed E-state index contributed by atoms with van der Waals surface area (Å²) in [4.78, 5) is 33.1. The largest absolute Gasteiger partial charge is 0.448 e. The molecular formula is C19H20N4O3. The first-order valence-corrected chi connectivity index (χ1v) is 8.44. The number of aryl methyl sites for hydroxylation is 3. The van der Waals surface area contributed by atoms with Crippen LogP contribution in [0.3, 0.4) is 0 Å². The number of carbonyl (C=O) groups is 2. The van der Waals surface area contributed by atoms with Crippen molar-refractivity contribution in [2.75, 3.05) is 0 Å². The molecule has 26 heavy (non-hydrogen) atoms. The molecule has 0 saturated heterocycles. The maximum absolute atomic E-state index is 12.4. The summed E-state index contributed by atoms with van der Waals surface area (Å²) in [5.74, 6) is -0.815. The molecule has 7 nitrogen and oxygen atoms in total. The van der Waals surface area contributed by atoms with E-state index < -0.39 is 12.1 Å². The van der Waals surface area contributed by atoms with Gasteiger partial charge in [0.25, 0.3) is 11.6 Å². The van der Waals surface area contributed by atoms with Crippen molar-refractivity contribution in [2.45, 2.75) is 40.2 Å². The Morgan fingerprint density at radius 2 is 1.85 bits per heavy atom. The predicted molar refractivity (Wildman–Crippen MR) is 95.3 cm³/mol. The molecule has 1 aromatic carbocycles. The van der Waals surface area contributed by atoms with Crippen molar-refractivity contribution in [3.63, 3.8) is 0 Å².